The van der Waals surface area contributed by atoms with Crippen LogP contribution in [0.2, 0.25) is 0 Å². The van der Waals surface area contributed by atoms with Crippen molar-refractivity contribution in [3.05, 3.63) is 78.0 Å². The van der Waals surface area contributed by atoms with Crippen LogP contribution >= 0.6 is 0 Å². The fourth-order valence-corrected chi connectivity index (χ4v) is 4.15. The predicted molar refractivity (Wildman–Crippen MR) is 118 cm³/mol. The number of benzene rings is 2. The summed E-state index contributed by atoms with van der Waals surface area (Å²) < 4.78 is 10.7. The standard InChI is InChI=1S/C25H23N3O4/c29-24(27-15-17-9-10-22-23(13-17)32-16-31-22)21-8-4-12-28(21)25(30)19-6-3-5-18(14-19)20-7-1-2-11-26-20/h1-3,5-7,9-11,13-14,21H,4,8,12,15-16H2,(H,27,29). The number of pyridine rings is 1. The third-order valence-corrected chi connectivity index (χ3v) is 5.79. The lowest BCUT2D eigenvalue weighted by molar-refractivity contribution is -0.125. The van der Waals surface area contributed by atoms with Crippen molar-refractivity contribution in [3.63, 3.8) is 0 Å². The van der Waals surface area contributed by atoms with Gasteiger partial charge in [0, 0.05) is 30.4 Å². The fourth-order valence-electron chi connectivity index (χ4n) is 4.15. The van der Waals surface area contributed by atoms with E-state index in [9.17, 15) is 9.59 Å². The molecule has 0 spiro atoms. The minimum absolute atomic E-state index is 0.136. The van der Waals surface area contributed by atoms with Crippen molar-refractivity contribution in [2.75, 3.05) is 13.3 Å². The van der Waals surface area contributed by atoms with Gasteiger partial charge < -0.3 is 19.7 Å². The Hall–Kier alpha value is -3.87. The van der Waals surface area contributed by atoms with Crippen LogP contribution in [-0.4, -0.2) is 41.1 Å². The van der Waals surface area contributed by atoms with Crippen LogP contribution in [-0.2, 0) is 11.3 Å². The van der Waals surface area contributed by atoms with Crippen molar-refractivity contribution >= 4 is 11.8 Å². The number of fused-ring (bicyclic) bond motifs is 1. The van der Waals surface area contributed by atoms with Crippen LogP contribution in [0.4, 0.5) is 0 Å². The lowest BCUT2D eigenvalue weighted by Crippen LogP contribution is -2.45. The molecule has 32 heavy (non-hydrogen) atoms. The number of hydrogen-bond acceptors (Lipinski definition) is 5. The Morgan fingerprint density at radius 2 is 1.94 bits per heavy atom. The Labute approximate surface area is 186 Å². The molecule has 2 aromatic carbocycles. The van der Waals surface area contributed by atoms with Crippen LogP contribution in [0.1, 0.15) is 28.8 Å². The smallest absolute Gasteiger partial charge is 0.254 e. The Morgan fingerprint density at radius 1 is 1.03 bits per heavy atom. The number of aromatic nitrogens is 1. The molecule has 2 aliphatic rings. The van der Waals surface area contributed by atoms with E-state index in [1.807, 2.05) is 54.6 Å². The van der Waals surface area contributed by atoms with Crippen molar-refractivity contribution in [2.45, 2.75) is 25.4 Å². The molecule has 0 saturated carbocycles. The Morgan fingerprint density at radius 3 is 2.81 bits per heavy atom. The predicted octanol–water partition coefficient (Wildman–Crippen LogP) is 3.40. The SMILES string of the molecule is O=C(NCc1ccc2c(c1)OCO2)C1CCCN1C(=O)c1cccc(-c2ccccn2)c1. The zero-order valence-electron chi connectivity index (χ0n) is 17.5. The molecule has 3 heterocycles. The van der Waals surface area contributed by atoms with Gasteiger partial charge in [-0.25, -0.2) is 0 Å². The molecule has 0 bridgehead atoms. The minimum atomic E-state index is -0.477. The van der Waals surface area contributed by atoms with Crippen LogP contribution < -0.4 is 14.8 Å². The number of amides is 2. The van der Waals surface area contributed by atoms with Gasteiger partial charge in [0.2, 0.25) is 12.7 Å². The quantitative estimate of drug-likeness (QED) is 0.672. The van der Waals surface area contributed by atoms with Gasteiger partial charge in [-0.15, -0.1) is 0 Å². The van der Waals surface area contributed by atoms with Crippen LogP contribution in [0.15, 0.2) is 66.9 Å². The lowest BCUT2D eigenvalue weighted by Gasteiger charge is -2.24. The summed E-state index contributed by atoms with van der Waals surface area (Å²) in [6.45, 7) is 1.14. The first-order valence-electron chi connectivity index (χ1n) is 10.7. The van der Waals surface area contributed by atoms with E-state index in [1.165, 1.54) is 0 Å². The van der Waals surface area contributed by atoms with Crippen molar-refractivity contribution in [1.29, 1.82) is 0 Å². The number of likely N-dealkylation sites (tertiary alicyclic amines) is 1. The van der Waals surface area contributed by atoms with E-state index in [2.05, 4.69) is 10.3 Å². The molecule has 1 fully saturated rings. The minimum Gasteiger partial charge on any atom is -0.454 e. The van der Waals surface area contributed by atoms with Crippen molar-refractivity contribution in [1.82, 2.24) is 15.2 Å². The van der Waals surface area contributed by atoms with Gasteiger partial charge >= 0.3 is 0 Å². The molecule has 2 aliphatic heterocycles. The molecule has 162 valence electrons. The highest BCUT2D eigenvalue weighted by Gasteiger charge is 2.34. The summed E-state index contributed by atoms with van der Waals surface area (Å²) in [4.78, 5) is 32.2. The second-order valence-corrected chi connectivity index (χ2v) is 7.86. The Balaban J connectivity index is 1.27. The molecule has 1 N–H and O–H groups in total. The third-order valence-electron chi connectivity index (χ3n) is 5.79. The van der Waals surface area contributed by atoms with E-state index < -0.39 is 6.04 Å². The van der Waals surface area contributed by atoms with E-state index in [0.29, 0.717) is 36.6 Å². The zero-order chi connectivity index (χ0) is 21.9. The molecule has 1 saturated heterocycles. The molecule has 7 heteroatoms. The fraction of sp³-hybridized carbons (Fsp3) is 0.240. The summed E-state index contributed by atoms with van der Waals surface area (Å²) in [5.74, 6) is 1.11. The maximum Gasteiger partial charge on any atom is 0.254 e. The van der Waals surface area contributed by atoms with E-state index in [4.69, 9.17) is 9.47 Å². The number of ether oxygens (including phenoxy) is 2. The highest BCUT2D eigenvalue weighted by atomic mass is 16.7. The van der Waals surface area contributed by atoms with E-state index >= 15 is 0 Å². The average molecular weight is 429 g/mol. The molecule has 1 unspecified atom stereocenters. The number of carbonyl (C=O) groups excluding carboxylic acids is 2. The molecule has 7 nitrogen and oxygen atoms in total. The normalized spacial score (nSPS) is 16.8. The number of nitrogens with one attached hydrogen (secondary N) is 1. The molecule has 5 rings (SSSR count). The number of nitrogens with zero attached hydrogens (tertiary/aromatic N) is 2. The van der Waals surface area contributed by atoms with Gasteiger partial charge in [-0.05, 0) is 54.8 Å². The summed E-state index contributed by atoms with van der Waals surface area (Å²) in [6.07, 6.45) is 3.18. The molecule has 3 aromatic rings. The second-order valence-electron chi connectivity index (χ2n) is 7.86. The molecule has 0 radical (unpaired) electrons. The van der Waals surface area contributed by atoms with Crippen LogP contribution in [0, 0.1) is 0 Å². The average Bonchev–Trinajstić information content (AvgIpc) is 3.52. The number of hydrogen-bond donors (Lipinski definition) is 1. The van der Waals surface area contributed by atoms with Crippen molar-refractivity contribution < 1.29 is 19.1 Å². The maximum atomic E-state index is 13.2. The van der Waals surface area contributed by atoms with Crippen molar-refractivity contribution in [2.24, 2.45) is 0 Å². The largest absolute Gasteiger partial charge is 0.454 e. The summed E-state index contributed by atoms with van der Waals surface area (Å²) >= 11 is 0. The first-order valence-corrected chi connectivity index (χ1v) is 10.7. The Kier molecular flexibility index (Phi) is 5.46. The van der Waals surface area contributed by atoms with Gasteiger partial charge in [-0.2, -0.15) is 0 Å². The van der Waals surface area contributed by atoms with Crippen molar-refractivity contribution in [3.8, 4) is 22.8 Å². The maximum absolute atomic E-state index is 13.2. The summed E-state index contributed by atoms with van der Waals surface area (Å²) in [5, 5.41) is 2.97. The zero-order valence-corrected chi connectivity index (χ0v) is 17.5. The van der Waals surface area contributed by atoms with E-state index in [1.54, 1.807) is 17.2 Å². The van der Waals surface area contributed by atoms with Gasteiger partial charge in [0.05, 0.1) is 5.69 Å². The Bertz CT molecular complexity index is 1150. The number of carbonyl (C=O) groups is 2. The van der Waals surface area contributed by atoms with Gasteiger partial charge in [0.25, 0.3) is 5.91 Å². The molecule has 0 aliphatic carbocycles. The monoisotopic (exact) mass is 429 g/mol. The third kappa shape index (κ3) is 4.01. The van der Waals surface area contributed by atoms with Crippen LogP contribution in [0.3, 0.4) is 0 Å². The van der Waals surface area contributed by atoms with Gasteiger partial charge in [-0.1, -0.05) is 24.3 Å². The van der Waals surface area contributed by atoms with E-state index in [-0.39, 0.29) is 18.6 Å². The van der Waals surface area contributed by atoms with Gasteiger partial charge in [0.15, 0.2) is 11.5 Å². The molecule has 1 aromatic heterocycles. The molecular weight excluding hydrogens is 406 g/mol. The van der Waals surface area contributed by atoms with Crippen LogP contribution in [0.25, 0.3) is 11.3 Å². The second kappa shape index (κ2) is 8.70. The van der Waals surface area contributed by atoms with Gasteiger partial charge in [-0.3, -0.25) is 14.6 Å². The first-order chi connectivity index (χ1) is 15.7. The summed E-state index contributed by atoms with van der Waals surface area (Å²) in [6, 6.07) is 18.2. The summed E-state index contributed by atoms with van der Waals surface area (Å²) in [7, 11) is 0. The van der Waals surface area contributed by atoms with Gasteiger partial charge in [0.1, 0.15) is 6.04 Å². The highest BCUT2D eigenvalue weighted by molar-refractivity contribution is 5.98. The summed E-state index contributed by atoms with van der Waals surface area (Å²) in [5.41, 5.74) is 3.16. The molecular formula is C25H23N3O4. The topological polar surface area (TPSA) is 80.8 Å². The lowest BCUT2D eigenvalue weighted by atomic mass is 10.1. The van der Waals surface area contributed by atoms with Crippen LogP contribution in [0.5, 0.6) is 11.5 Å². The molecule has 2 amide bonds. The first kappa shape index (κ1) is 20.1. The highest BCUT2D eigenvalue weighted by Crippen LogP contribution is 2.32. The number of rotatable bonds is 5. The molecule has 1 atom stereocenters. The van der Waals surface area contributed by atoms with E-state index in [0.717, 1.165) is 23.2 Å².